The number of hydrogen-bond donors (Lipinski definition) is 1. The Labute approximate surface area is 208 Å². The molecule has 2 heterocycles. The Morgan fingerprint density at radius 3 is 2.43 bits per heavy atom. The van der Waals surface area contributed by atoms with Crippen LogP contribution >= 0.6 is 22.9 Å². The summed E-state index contributed by atoms with van der Waals surface area (Å²) < 4.78 is 5.51. The zero-order chi connectivity index (χ0) is 24.7. The number of aromatic nitrogens is 1. The Morgan fingerprint density at radius 1 is 1.03 bits per heavy atom. The Bertz CT molecular complexity index is 1510. The number of fused-ring (bicyclic) bond motifs is 1. The van der Waals surface area contributed by atoms with Crippen LogP contribution in [-0.4, -0.2) is 34.9 Å². The number of aliphatic hydroxyl groups is 1. The zero-order valence-electron chi connectivity index (χ0n) is 18.3. The van der Waals surface area contributed by atoms with Crippen LogP contribution in [0.3, 0.4) is 0 Å². The molecule has 174 valence electrons. The van der Waals surface area contributed by atoms with Gasteiger partial charge in [-0.15, -0.1) is 0 Å². The molecule has 1 N–H and O–H groups in total. The van der Waals surface area contributed by atoms with Gasteiger partial charge in [0, 0.05) is 10.6 Å². The fourth-order valence-corrected chi connectivity index (χ4v) is 5.27. The van der Waals surface area contributed by atoms with Gasteiger partial charge in [0.2, 0.25) is 0 Å². The number of ether oxygens (including phenoxy) is 1. The fourth-order valence-electron chi connectivity index (χ4n) is 4.01. The van der Waals surface area contributed by atoms with Crippen LogP contribution in [0.5, 0.6) is 0 Å². The molecule has 0 radical (unpaired) electrons. The number of carbonyl (C=O) groups is 3. The zero-order valence-corrected chi connectivity index (χ0v) is 19.8. The molecule has 9 heteroatoms. The lowest BCUT2D eigenvalue weighted by atomic mass is 9.95. The van der Waals surface area contributed by atoms with Crippen LogP contribution in [0.15, 0.2) is 78.4 Å². The molecule has 0 spiro atoms. The number of aliphatic hydroxyl groups excluding tert-OH is 1. The first-order valence-electron chi connectivity index (χ1n) is 10.5. The molecular weight excluding hydrogens is 488 g/mol. The topological polar surface area (TPSA) is 96.8 Å². The standard InChI is InChI=1S/C26H17ClN2O5S/c1-34-25(33)16-9-7-14(8-10-16)21-20(22(30)15-5-3-2-4-6-15)23(31)24(32)29(21)26-28-18-12-11-17(27)13-19(18)35-26/h2-13,21,30H,1H3/b22-20+. The molecule has 5 rings (SSSR count). The molecule has 35 heavy (non-hydrogen) atoms. The van der Waals surface area contributed by atoms with Crippen LogP contribution in [0.2, 0.25) is 5.02 Å². The second-order valence-electron chi connectivity index (χ2n) is 7.76. The smallest absolute Gasteiger partial charge is 0.337 e. The number of nitrogens with zero attached hydrogens (tertiary/aromatic N) is 2. The maximum absolute atomic E-state index is 13.3. The summed E-state index contributed by atoms with van der Waals surface area (Å²) in [5.41, 5.74) is 1.79. The molecule has 1 amide bonds. The number of ketones is 1. The molecule has 7 nitrogen and oxygen atoms in total. The molecule has 4 aromatic rings. The van der Waals surface area contributed by atoms with Crippen molar-refractivity contribution in [3.05, 3.63) is 100 Å². The number of rotatable bonds is 4. The summed E-state index contributed by atoms with van der Waals surface area (Å²) in [6, 6.07) is 19.1. The lowest BCUT2D eigenvalue weighted by Crippen LogP contribution is -2.29. The number of esters is 1. The monoisotopic (exact) mass is 504 g/mol. The van der Waals surface area contributed by atoms with E-state index in [0.717, 1.165) is 4.70 Å². The van der Waals surface area contributed by atoms with Gasteiger partial charge in [-0.3, -0.25) is 14.5 Å². The molecule has 1 aromatic heterocycles. The third-order valence-corrected chi connectivity index (χ3v) is 6.94. The average Bonchev–Trinajstić information content (AvgIpc) is 3.41. The number of amides is 1. The number of halogens is 1. The van der Waals surface area contributed by atoms with Crippen molar-refractivity contribution in [3.63, 3.8) is 0 Å². The van der Waals surface area contributed by atoms with Gasteiger partial charge in [0.25, 0.3) is 5.78 Å². The maximum Gasteiger partial charge on any atom is 0.337 e. The van der Waals surface area contributed by atoms with Gasteiger partial charge in [-0.1, -0.05) is 65.4 Å². The number of Topliss-reactive ketones (excluding diaryl/α,β-unsaturated/α-hetero) is 1. The SMILES string of the molecule is COC(=O)c1ccc(C2/C(=C(\O)c3ccccc3)C(=O)C(=O)N2c2nc3ccc(Cl)cc3s2)cc1. The van der Waals surface area contributed by atoms with E-state index in [1.165, 1.54) is 23.3 Å². The highest BCUT2D eigenvalue weighted by Crippen LogP contribution is 2.44. The third-order valence-electron chi connectivity index (χ3n) is 5.68. The van der Waals surface area contributed by atoms with E-state index in [1.807, 2.05) is 0 Å². The summed E-state index contributed by atoms with van der Waals surface area (Å²) >= 11 is 7.33. The van der Waals surface area contributed by atoms with Crippen LogP contribution in [0.4, 0.5) is 5.13 Å². The fraction of sp³-hybridized carbons (Fsp3) is 0.0769. The van der Waals surface area contributed by atoms with Crippen molar-refractivity contribution in [2.45, 2.75) is 6.04 Å². The quantitative estimate of drug-likeness (QED) is 0.174. The van der Waals surface area contributed by atoms with Gasteiger partial charge in [-0.2, -0.15) is 0 Å². The maximum atomic E-state index is 13.3. The van der Waals surface area contributed by atoms with E-state index in [4.69, 9.17) is 16.3 Å². The van der Waals surface area contributed by atoms with E-state index in [9.17, 15) is 19.5 Å². The van der Waals surface area contributed by atoms with Gasteiger partial charge in [0.05, 0.1) is 34.5 Å². The van der Waals surface area contributed by atoms with E-state index < -0.39 is 23.7 Å². The van der Waals surface area contributed by atoms with Gasteiger partial charge in [-0.25, -0.2) is 9.78 Å². The van der Waals surface area contributed by atoms with Crippen LogP contribution in [0.25, 0.3) is 16.0 Å². The van der Waals surface area contributed by atoms with Crippen molar-refractivity contribution in [1.29, 1.82) is 0 Å². The summed E-state index contributed by atoms with van der Waals surface area (Å²) in [5.74, 6) is -2.45. The first kappa shape index (κ1) is 22.8. The molecule has 1 unspecified atom stereocenters. The summed E-state index contributed by atoms with van der Waals surface area (Å²) in [5, 5.41) is 11.9. The molecule has 0 saturated carbocycles. The summed E-state index contributed by atoms with van der Waals surface area (Å²) in [6.45, 7) is 0. The molecule has 1 aliphatic heterocycles. The third kappa shape index (κ3) is 3.96. The highest BCUT2D eigenvalue weighted by molar-refractivity contribution is 7.22. The first-order valence-corrected chi connectivity index (χ1v) is 11.7. The summed E-state index contributed by atoms with van der Waals surface area (Å²) in [6.07, 6.45) is 0. The lowest BCUT2D eigenvalue weighted by Gasteiger charge is -2.23. The van der Waals surface area contributed by atoms with Gasteiger partial charge in [-0.05, 0) is 35.9 Å². The predicted molar refractivity (Wildman–Crippen MR) is 134 cm³/mol. The van der Waals surface area contributed by atoms with E-state index >= 15 is 0 Å². The molecule has 0 bridgehead atoms. The van der Waals surface area contributed by atoms with E-state index in [1.54, 1.807) is 72.8 Å². The van der Waals surface area contributed by atoms with Crippen molar-refractivity contribution < 1.29 is 24.2 Å². The first-order chi connectivity index (χ1) is 16.9. The summed E-state index contributed by atoms with van der Waals surface area (Å²) in [7, 11) is 1.28. The van der Waals surface area contributed by atoms with Crippen LogP contribution < -0.4 is 4.90 Å². The van der Waals surface area contributed by atoms with Crippen molar-refractivity contribution >= 4 is 61.7 Å². The number of anilines is 1. The highest BCUT2D eigenvalue weighted by atomic mass is 35.5. The highest BCUT2D eigenvalue weighted by Gasteiger charge is 2.48. The molecule has 1 aliphatic rings. The largest absolute Gasteiger partial charge is 0.507 e. The molecule has 1 atom stereocenters. The Hall–Kier alpha value is -4.01. The van der Waals surface area contributed by atoms with Crippen molar-refractivity contribution in [2.24, 2.45) is 0 Å². The normalized spacial score (nSPS) is 17.2. The summed E-state index contributed by atoms with van der Waals surface area (Å²) in [4.78, 5) is 44.3. The van der Waals surface area contributed by atoms with E-state index in [0.29, 0.717) is 32.4 Å². The number of methoxy groups -OCH3 is 1. The minimum atomic E-state index is -0.960. The Kier molecular flexibility index (Phi) is 5.84. The van der Waals surface area contributed by atoms with Crippen molar-refractivity contribution in [2.75, 3.05) is 12.0 Å². The molecule has 0 aliphatic carbocycles. The van der Waals surface area contributed by atoms with Gasteiger partial charge in [0.15, 0.2) is 5.13 Å². The van der Waals surface area contributed by atoms with Crippen molar-refractivity contribution in [1.82, 2.24) is 4.98 Å². The van der Waals surface area contributed by atoms with Crippen LogP contribution in [-0.2, 0) is 14.3 Å². The lowest BCUT2D eigenvalue weighted by molar-refractivity contribution is -0.132. The van der Waals surface area contributed by atoms with Gasteiger partial charge < -0.3 is 9.84 Å². The minimum absolute atomic E-state index is 0.0655. The van der Waals surface area contributed by atoms with Crippen molar-refractivity contribution in [3.8, 4) is 0 Å². The van der Waals surface area contributed by atoms with E-state index in [-0.39, 0.29) is 11.3 Å². The molecule has 1 saturated heterocycles. The van der Waals surface area contributed by atoms with Gasteiger partial charge >= 0.3 is 11.9 Å². The van der Waals surface area contributed by atoms with E-state index in [2.05, 4.69) is 4.98 Å². The number of benzene rings is 3. The Balaban J connectivity index is 1.71. The minimum Gasteiger partial charge on any atom is -0.507 e. The number of carbonyl (C=O) groups excluding carboxylic acids is 3. The second-order valence-corrected chi connectivity index (χ2v) is 9.20. The predicted octanol–water partition coefficient (Wildman–Crippen LogP) is 5.36. The van der Waals surface area contributed by atoms with Crippen LogP contribution in [0, 0.1) is 0 Å². The second kappa shape index (κ2) is 8.98. The van der Waals surface area contributed by atoms with Gasteiger partial charge in [0.1, 0.15) is 5.76 Å². The van der Waals surface area contributed by atoms with Crippen LogP contribution in [0.1, 0.15) is 27.5 Å². The Morgan fingerprint density at radius 2 is 1.74 bits per heavy atom. The molecular formula is C26H17ClN2O5S. The molecule has 1 fully saturated rings. The average molecular weight is 505 g/mol. The number of hydrogen-bond acceptors (Lipinski definition) is 7. The molecule has 3 aromatic carbocycles. The number of thiazole rings is 1.